The van der Waals surface area contributed by atoms with Crippen molar-refractivity contribution in [2.75, 3.05) is 0 Å². The van der Waals surface area contributed by atoms with Gasteiger partial charge in [0.05, 0.1) is 16.7 Å². The molecule has 0 aliphatic heterocycles. The predicted molar refractivity (Wildman–Crippen MR) is 244 cm³/mol. The van der Waals surface area contributed by atoms with Crippen LogP contribution in [0.15, 0.2) is 218 Å². The average molecular weight is 753 g/mol. The van der Waals surface area contributed by atoms with Crippen molar-refractivity contribution in [3.63, 3.8) is 0 Å². The van der Waals surface area contributed by atoms with Crippen LogP contribution >= 0.6 is 0 Å². The Balaban J connectivity index is 1.15. The number of rotatable bonds is 7. The van der Waals surface area contributed by atoms with Crippen LogP contribution < -0.4 is 0 Å². The predicted octanol–water partition coefficient (Wildman–Crippen LogP) is 14.1. The highest BCUT2D eigenvalue weighted by atomic mass is 15.0. The van der Waals surface area contributed by atoms with Crippen LogP contribution in [0.4, 0.5) is 0 Å². The minimum Gasteiger partial charge on any atom is -0.309 e. The fourth-order valence-electron chi connectivity index (χ4n) is 8.34. The summed E-state index contributed by atoms with van der Waals surface area (Å²) in [6.07, 6.45) is 0. The zero-order valence-corrected chi connectivity index (χ0v) is 32.1. The lowest BCUT2D eigenvalue weighted by atomic mass is 9.96. The first-order valence-electron chi connectivity index (χ1n) is 19.9. The van der Waals surface area contributed by atoms with Gasteiger partial charge < -0.3 is 4.57 Å². The molecule has 4 nitrogen and oxygen atoms in total. The third kappa shape index (κ3) is 6.34. The summed E-state index contributed by atoms with van der Waals surface area (Å²) in [4.78, 5) is 15.7. The second-order valence-corrected chi connectivity index (χ2v) is 14.9. The van der Waals surface area contributed by atoms with E-state index in [0.29, 0.717) is 17.5 Å². The van der Waals surface area contributed by atoms with E-state index < -0.39 is 0 Å². The number of benzene rings is 9. The summed E-state index contributed by atoms with van der Waals surface area (Å²) in [5.74, 6) is 1.85. The summed E-state index contributed by atoms with van der Waals surface area (Å²) in [5, 5.41) is 4.72. The van der Waals surface area contributed by atoms with E-state index in [-0.39, 0.29) is 0 Å². The molecule has 59 heavy (non-hydrogen) atoms. The van der Waals surface area contributed by atoms with Crippen molar-refractivity contribution < 1.29 is 0 Å². The van der Waals surface area contributed by atoms with Crippen molar-refractivity contribution in [3.05, 3.63) is 218 Å². The molecule has 4 heteroatoms. The molecule has 276 valence electrons. The summed E-state index contributed by atoms with van der Waals surface area (Å²) in [6.45, 7) is 0. The van der Waals surface area contributed by atoms with Crippen LogP contribution in [0.25, 0.3) is 106 Å². The minimum absolute atomic E-state index is 0.606. The summed E-state index contributed by atoms with van der Waals surface area (Å²) in [5.41, 5.74) is 12.9. The van der Waals surface area contributed by atoms with Crippen LogP contribution in [0, 0.1) is 0 Å². The van der Waals surface area contributed by atoms with Gasteiger partial charge in [-0.25, -0.2) is 15.0 Å². The third-order valence-corrected chi connectivity index (χ3v) is 11.2. The molecule has 0 unspecified atom stereocenters. The first kappa shape index (κ1) is 34.3. The maximum absolute atomic E-state index is 5.27. The topological polar surface area (TPSA) is 43.6 Å². The number of para-hydroxylation sites is 2. The Morgan fingerprint density at radius 1 is 0.271 bits per heavy atom. The van der Waals surface area contributed by atoms with Crippen molar-refractivity contribution in [1.29, 1.82) is 0 Å². The van der Waals surface area contributed by atoms with Gasteiger partial charge in [0.25, 0.3) is 0 Å². The number of fused-ring (bicyclic) bond motifs is 4. The monoisotopic (exact) mass is 752 g/mol. The first-order valence-corrected chi connectivity index (χ1v) is 19.9. The van der Waals surface area contributed by atoms with Crippen LogP contribution in [0.5, 0.6) is 0 Å². The Labute approximate surface area is 342 Å². The molecule has 0 amide bonds. The van der Waals surface area contributed by atoms with Crippen LogP contribution in [0.2, 0.25) is 0 Å². The largest absolute Gasteiger partial charge is 0.309 e. The van der Waals surface area contributed by atoms with Crippen LogP contribution in [-0.4, -0.2) is 19.5 Å². The van der Waals surface area contributed by atoms with Gasteiger partial charge in [0.1, 0.15) is 0 Å². The molecular weight excluding hydrogens is 717 g/mol. The highest BCUT2D eigenvalue weighted by Crippen LogP contribution is 2.39. The molecule has 0 N–H and O–H groups in total. The van der Waals surface area contributed by atoms with Gasteiger partial charge in [-0.05, 0) is 75.0 Å². The van der Waals surface area contributed by atoms with Gasteiger partial charge in [-0.3, -0.25) is 0 Å². The zero-order valence-electron chi connectivity index (χ0n) is 32.1. The highest BCUT2D eigenvalue weighted by molar-refractivity contribution is 6.10. The molecule has 0 aliphatic rings. The summed E-state index contributed by atoms with van der Waals surface area (Å²) in [7, 11) is 0. The molecule has 0 spiro atoms. The Hall–Kier alpha value is -7.95. The smallest absolute Gasteiger partial charge is 0.164 e. The van der Waals surface area contributed by atoms with Gasteiger partial charge in [-0.2, -0.15) is 0 Å². The molecule has 0 saturated carbocycles. The molecule has 0 aliphatic carbocycles. The lowest BCUT2D eigenvalue weighted by Crippen LogP contribution is -2.02. The molecule has 2 heterocycles. The molecule has 0 bridgehead atoms. The quantitative estimate of drug-likeness (QED) is 0.163. The molecular formula is C55H36N4. The standard InChI is InChI=1S/C55H36N4/c1-3-15-37(16-4-1)41-21-13-23-43(33-41)47-32-31-46(36-52(47)59-50-27-11-9-25-48(50)49-26-10-12-28-51(49)59)55-57-53(44-24-14-22-42(34-44)38-17-5-2-6-18-38)56-54(58-55)45-30-29-39-19-7-8-20-40(39)35-45/h1-36H. The van der Waals surface area contributed by atoms with Gasteiger partial charge in [-0.1, -0.05) is 182 Å². The van der Waals surface area contributed by atoms with Crippen molar-refractivity contribution in [2.24, 2.45) is 0 Å². The van der Waals surface area contributed by atoms with Crippen molar-refractivity contribution >= 4 is 32.6 Å². The lowest BCUT2D eigenvalue weighted by Gasteiger charge is -2.17. The molecule has 11 aromatic rings. The molecule has 0 atom stereocenters. The maximum Gasteiger partial charge on any atom is 0.164 e. The van der Waals surface area contributed by atoms with E-state index in [9.17, 15) is 0 Å². The van der Waals surface area contributed by atoms with Gasteiger partial charge in [0.15, 0.2) is 17.5 Å². The molecule has 11 rings (SSSR count). The van der Waals surface area contributed by atoms with Gasteiger partial charge in [0, 0.05) is 33.0 Å². The van der Waals surface area contributed by atoms with Crippen molar-refractivity contribution in [2.45, 2.75) is 0 Å². The van der Waals surface area contributed by atoms with E-state index in [1.165, 1.54) is 27.3 Å². The third-order valence-electron chi connectivity index (χ3n) is 11.2. The maximum atomic E-state index is 5.27. The molecule has 0 fully saturated rings. The normalized spacial score (nSPS) is 11.4. The molecule has 0 saturated heterocycles. The number of nitrogens with zero attached hydrogens (tertiary/aromatic N) is 4. The average Bonchev–Trinajstić information content (AvgIpc) is 3.66. The first-order chi connectivity index (χ1) is 29.2. The highest BCUT2D eigenvalue weighted by Gasteiger charge is 2.19. The SMILES string of the molecule is c1ccc(-c2cccc(-c3nc(-c4ccc(-c5cccc(-c6ccccc6)c5)c(-n5c6ccccc6c6ccccc65)c4)nc(-c4ccc5ccccc5c4)n3)c2)cc1. The molecule has 2 aromatic heterocycles. The van der Waals surface area contributed by atoms with E-state index >= 15 is 0 Å². The van der Waals surface area contributed by atoms with Crippen LogP contribution in [0.1, 0.15) is 0 Å². The van der Waals surface area contributed by atoms with Crippen LogP contribution in [0.3, 0.4) is 0 Å². The van der Waals surface area contributed by atoms with Gasteiger partial charge in [0.2, 0.25) is 0 Å². The summed E-state index contributed by atoms with van der Waals surface area (Å²) >= 11 is 0. The fraction of sp³-hybridized carbons (Fsp3) is 0. The number of aromatic nitrogens is 4. The Morgan fingerprint density at radius 3 is 1.34 bits per heavy atom. The second kappa shape index (κ2) is 14.5. The number of hydrogen-bond acceptors (Lipinski definition) is 3. The number of hydrogen-bond donors (Lipinski definition) is 0. The van der Waals surface area contributed by atoms with Gasteiger partial charge >= 0.3 is 0 Å². The van der Waals surface area contributed by atoms with E-state index in [0.717, 1.165) is 61.1 Å². The lowest BCUT2D eigenvalue weighted by molar-refractivity contribution is 1.07. The minimum atomic E-state index is 0.606. The zero-order chi connectivity index (χ0) is 39.1. The van der Waals surface area contributed by atoms with Crippen molar-refractivity contribution in [3.8, 4) is 73.2 Å². The van der Waals surface area contributed by atoms with Crippen LogP contribution in [-0.2, 0) is 0 Å². The van der Waals surface area contributed by atoms with Gasteiger partial charge in [-0.15, -0.1) is 0 Å². The second-order valence-electron chi connectivity index (χ2n) is 14.9. The van der Waals surface area contributed by atoms with E-state index in [2.05, 4.69) is 217 Å². The Morgan fingerprint density at radius 2 is 0.712 bits per heavy atom. The summed E-state index contributed by atoms with van der Waals surface area (Å²) in [6, 6.07) is 77.1. The fourth-order valence-corrected chi connectivity index (χ4v) is 8.34. The van der Waals surface area contributed by atoms with E-state index in [1.807, 2.05) is 6.07 Å². The Kier molecular flexibility index (Phi) is 8.45. The molecule has 9 aromatic carbocycles. The van der Waals surface area contributed by atoms with E-state index in [1.54, 1.807) is 0 Å². The van der Waals surface area contributed by atoms with Crippen molar-refractivity contribution in [1.82, 2.24) is 19.5 Å². The Bertz CT molecular complexity index is 3280. The molecule has 0 radical (unpaired) electrons. The van der Waals surface area contributed by atoms with E-state index in [4.69, 9.17) is 15.0 Å². The summed E-state index contributed by atoms with van der Waals surface area (Å²) < 4.78 is 2.40.